The van der Waals surface area contributed by atoms with E-state index in [1.54, 1.807) is 12.1 Å². The molecule has 1 unspecified atom stereocenters. The van der Waals surface area contributed by atoms with Crippen molar-refractivity contribution in [3.8, 4) is 0 Å². The summed E-state index contributed by atoms with van der Waals surface area (Å²) in [5.41, 5.74) is 0.608. The van der Waals surface area contributed by atoms with Gasteiger partial charge in [-0.15, -0.1) is 12.4 Å². The second-order valence-corrected chi connectivity index (χ2v) is 4.74. The Balaban J connectivity index is 0.00000162. The summed E-state index contributed by atoms with van der Waals surface area (Å²) in [5, 5.41) is 3.67. The minimum atomic E-state index is 0. The third-order valence-corrected chi connectivity index (χ3v) is 3.51. The van der Waals surface area contributed by atoms with E-state index in [4.69, 9.17) is 11.6 Å². The molecule has 1 aliphatic heterocycles. The molecule has 1 fully saturated rings. The second kappa shape index (κ2) is 6.98. The predicted molar refractivity (Wildman–Crippen MR) is 76.7 cm³/mol. The largest absolute Gasteiger partial charge is 0.334 e. The number of rotatable bonds is 3. The molecule has 1 saturated heterocycles. The Kier molecular flexibility index (Phi) is 5.93. The molecule has 1 amide bonds. The third kappa shape index (κ3) is 3.16. The highest BCUT2D eigenvalue weighted by atomic mass is 35.5. The number of halogens is 2. The van der Waals surface area contributed by atoms with Gasteiger partial charge in [-0.25, -0.2) is 0 Å². The van der Waals surface area contributed by atoms with Crippen LogP contribution in [-0.2, 0) is 0 Å². The van der Waals surface area contributed by atoms with Gasteiger partial charge in [0.05, 0.1) is 10.6 Å². The van der Waals surface area contributed by atoms with Gasteiger partial charge in [-0.3, -0.25) is 4.79 Å². The van der Waals surface area contributed by atoms with Crippen LogP contribution in [0.4, 0.5) is 0 Å². The maximum absolute atomic E-state index is 12.4. The van der Waals surface area contributed by atoms with Crippen molar-refractivity contribution in [2.75, 3.05) is 20.1 Å². The highest BCUT2D eigenvalue weighted by molar-refractivity contribution is 6.33. The Morgan fingerprint density at radius 3 is 2.89 bits per heavy atom. The Morgan fingerprint density at radius 1 is 1.50 bits per heavy atom. The molecule has 1 aliphatic rings. The number of nitrogens with zero attached hydrogens (tertiary/aromatic N) is 1. The number of hydrogen-bond acceptors (Lipinski definition) is 2. The molecule has 1 heterocycles. The van der Waals surface area contributed by atoms with Crippen LogP contribution < -0.4 is 5.32 Å². The molecule has 2 rings (SSSR count). The normalized spacial score (nSPS) is 18.6. The van der Waals surface area contributed by atoms with E-state index in [9.17, 15) is 4.79 Å². The molecule has 0 radical (unpaired) electrons. The first-order valence-electron chi connectivity index (χ1n) is 5.94. The number of benzene rings is 1. The summed E-state index contributed by atoms with van der Waals surface area (Å²) in [6, 6.07) is 7.54. The van der Waals surface area contributed by atoms with Gasteiger partial charge in [-0.05, 0) is 32.0 Å². The van der Waals surface area contributed by atoms with Crippen LogP contribution in [0, 0.1) is 0 Å². The monoisotopic (exact) mass is 288 g/mol. The van der Waals surface area contributed by atoms with Crippen LogP contribution in [-0.4, -0.2) is 37.0 Å². The zero-order valence-electron chi connectivity index (χ0n) is 10.4. The molecule has 0 spiro atoms. The summed E-state index contributed by atoms with van der Waals surface area (Å²) in [6.45, 7) is 1.67. The van der Waals surface area contributed by atoms with E-state index in [1.165, 1.54) is 0 Å². The van der Waals surface area contributed by atoms with Crippen LogP contribution >= 0.6 is 24.0 Å². The van der Waals surface area contributed by atoms with Gasteiger partial charge in [0.25, 0.3) is 5.91 Å². The van der Waals surface area contributed by atoms with Crippen LogP contribution in [0.3, 0.4) is 0 Å². The van der Waals surface area contributed by atoms with Crippen molar-refractivity contribution >= 4 is 29.9 Å². The SMILES string of the molecule is CNCC1CCCN1C(=O)c1ccccc1Cl.Cl. The minimum Gasteiger partial charge on any atom is -0.334 e. The van der Waals surface area contributed by atoms with E-state index in [1.807, 2.05) is 24.1 Å². The highest BCUT2D eigenvalue weighted by Gasteiger charge is 2.29. The maximum Gasteiger partial charge on any atom is 0.255 e. The Bertz CT molecular complexity index is 412. The highest BCUT2D eigenvalue weighted by Crippen LogP contribution is 2.23. The van der Waals surface area contributed by atoms with Crippen LogP contribution in [0.1, 0.15) is 23.2 Å². The van der Waals surface area contributed by atoms with E-state index >= 15 is 0 Å². The summed E-state index contributed by atoms with van der Waals surface area (Å²) < 4.78 is 0. The molecular formula is C13H18Cl2N2O. The van der Waals surface area contributed by atoms with Gasteiger partial charge in [0, 0.05) is 19.1 Å². The van der Waals surface area contributed by atoms with Crippen molar-refractivity contribution in [2.45, 2.75) is 18.9 Å². The first-order chi connectivity index (χ1) is 8.24. The Labute approximate surface area is 119 Å². The molecule has 1 N–H and O–H groups in total. The number of carbonyl (C=O) groups excluding carboxylic acids is 1. The predicted octanol–water partition coefficient (Wildman–Crippen LogP) is 2.59. The summed E-state index contributed by atoms with van der Waals surface area (Å²) in [4.78, 5) is 14.3. The molecule has 1 atom stereocenters. The van der Waals surface area contributed by atoms with Gasteiger partial charge in [0.2, 0.25) is 0 Å². The standard InChI is InChI=1S/C13H17ClN2O.ClH/c1-15-9-10-5-4-8-16(10)13(17)11-6-2-3-7-12(11)14;/h2-3,6-7,10,15H,4-5,8-9H2,1H3;1H. The quantitative estimate of drug-likeness (QED) is 0.927. The number of likely N-dealkylation sites (N-methyl/N-ethyl adjacent to an activating group) is 1. The van der Waals surface area contributed by atoms with E-state index in [0.29, 0.717) is 16.6 Å². The smallest absolute Gasteiger partial charge is 0.255 e. The molecule has 0 bridgehead atoms. The zero-order valence-corrected chi connectivity index (χ0v) is 11.9. The zero-order chi connectivity index (χ0) is 12.3. The molecule has 5 heteroatoms. The number of likely N-dealkylation sites (tertiary alicyclic amines) is 1. The molecule has 0 aromatic heterocycles. The second-order valence-electron chi connectivity index (χ2n) is 4.33. The summed E-state index contributed by atoms with van der Waals surface area (Å²) in [5.74, 6) is 0.0494. The number of hydrogen-bond donors (Lipinski definition) is 1. The molecule has 1 aromatic rings. The lowest BCUT2D eigenvalue weighted by Crippen LogP contribution is -2.40. The molecular weight excluding hydrogens is 271 g/mol. The van der Waals surface area contributed by atoms with Gasteiger partial charge in [0.15, 0.2) is 0 Å². The van der Waals surface area contributed by atoms with Crippen molar-refractivity contribution in [3.05, 3.63) is 34.9 Å². The first kappa shape index (κ1) is 15.3. The van der Waals surface area contributed by atoms with Crippen molar-refractivity contribution in [1.29, 1.82) is 0 Å². The Hall–Kier alpha value is -0.770. The summed E-state index contributed by atoms with van der Waals surface area (Å²) >= 11 is 6.06. The molecule has 100 valence electrons. The third-order valence-electron chi connectivity index (χ3n) is 3.18. The lowest BCUT2D eigenvalue weighted by Gasteiger charge is -2.24. The summed E-state index contributed by atoms with van der Waals surface area (Å²) in [7, 11) is 1.91. The van der Waals surface area contributed by atoms with Crippen LogP contribution in [0.15, 0.2) is 24.3 Å². The van der Waals surface area contributed by atoms with Crippen molar-refractivity contribution < 1.29 is 4.79 Å². The molecule has 1 aromatic carbocycles. The number of nitrogens with one attached hydrogen (secondary N) is 1. The van der Waals surface area contributed by atoms with E-state index in [2.05, 4.69) is 5.32 Å². The van der Waals surface area contributed by atoms with Crippen LogP contribution in [0.25, 0.3) is 0 Å². The fraction of sp³-hybridized carbons (Fsp3) is 0.462. The van der Waals surface area contributed by atoms with Crippen molar-refractivity contribution in [1.82, 2.24) is 10.2 Å². The molecule has 18 heavy (non-hydrogen) atoms. The van der Waals surface area contributed by atoms with Gasteiger partial charge < -0.3 is 10.2 Å². The fourth-order valence-electron chi connectivity index (χ4n) is 2.34. The summed E-state index contributed by atoms with van der Waals surface area (Å²) in [6.07, 6.45) is 2.14. The van der Waals surface area contributed by atoms with Gasteiger partial charge in [0.1, 0.15) is 0 Å². The molecule has 3 nitrogen and oxygen atoms in total. The lowest BCUT2D eigenvalue weighted by atomic mass is 10.1. The van der Waals surface area contributed by atoms with E-state index in [0.717, 1.165) is 25.9 Å². The van der Waals surface area contributed by atoms with Gasteiger partial charge in [-0.2, -0.15) is 0 Å². The van der Waals surface area contributed by atoms with Gasteiger partial charge >= 0.3 is 0 Å². The minimum absolute atomic E-state index is 0. The molecule has 0 saturated carbocycles. The number of carbonyl (C=O) groups is 1. The van der Waals surface area contributed by atoms with Crippen molar-refractivity contribution in [3.63, 3.8) is 0 Å². The fourth-order valence-corrected chi connectivity index (χ4v) is 2.56. The van der Waals surface area contributed by atoms with Crippen LogP contribution in [0.5, 0.6) is 0 Å². The van der Waals surface area contributed by atoms with Crippen LogP contribution in [0.2, 0.25) is 5.02 Å². The topological polar surface area (TPSA) is 32.3 Å². The average Bonchev–Trinajstić information content (AvgIpc) is 2.78. The van der Waals surface area contributed by atoms with Crippen molar-refractivity contribution in [2.24, 2.45) is 0 Å². The maximum atomic E-state index is 12.4. The Morgan fingerprint density at radius 2 is 2.22 bits per heavy atom. The van der Waals surface area contributed by atoms with E-state index < -0.39 is 0 Å². The first-order valence-corrected chi connectivity index (χ1v) is 6.32. The molecule has 0 aliphatic carbocycles. The van der Waals surface area contributed by atoms with Gasteiger partial charge in [-0.1, -0.05) is 23.7 Å². The number of amides is 1. The van der Waals surface area contributed by atoms with E-state index in [-0.39, 0.29) is 18.3 Å². The average molecular weight is 289 g/mol. The lowest BCUT2D eigenvalue weighted by molar-refractivity contribution is 0.0737.